The molecule has 3 rings (SSSR count). The van der Waals surface area contributed by atoms with Gasteiger partial charge in [0.15, 0.2) is 0 Å². The number of urea groups is 1. The maximum absolute atomic E-state index is 13.0. The van der Waals surface area contributed by atoms with Crippen molar-refractivity contribution >= 4 is 22.0 Å². The van der Waals surface area contributed by atoms with Gasteiger partial charge in [0, 0.05) is 32.7 Å². The lowest BCUT2D eigenvalue weighted by atomic mass is 10.1. The van der Waals surface area contributed by atoms with E-state index in [1.165, 1.54) is 4.31 Å². The zero-order valence-corrected chi connectivity index (χ0v) is 19.5. The second-order valence-corrected chi connectivity index (χ2v) is 9.98. The normalized spacial score (nSPS) is 14.8. The molecular formula is C23H30N4O4S. The van der Waals surface area contributed by atoms with Gasteiger partial charge < -0.3 is 15.5 Å². The van der Waals surface area contributed by atoms with Gasteiger partial charge in [0.25, 0.3) is 0 Å². The Balaban J connectivity index is 1.45. The topological polar surface area (TPSA) is 98.8 Å². The summed E-state index contributed by atoms with van der Waals surface area (Å²) in [5.41, 5.74) is 3.83. The number of rotatable bonds is 6. The van der Waals surface area contributed by atoms with E-state index in [0.29, 0.717) is 17.0 Å². The Morgan fingerprint density at radius 3 is 2.12 bits per heavy atom. The summed E-state index contributed by atoms with van der Waals surface area (Å²) in [4.78, 5) is 26.3. The van der Waals surface area contributed by atoms with Crippen LogP contribution in [0.15, 0.2) is 47.4 Å². The highest BCUT2D eigenvalue weighted by Gasteiger charge is 2.31. The lowest BCUT2D eigenvalue weighted by molar-refractivity contribution is -0.131. The van der Waals surface area contributed by atoms with Crippen LogP contribution in [0.1, 0.15) is 22.3 Å². The molecule has 1 saturated heterocycles. The summed E-state index contributed by atoms with van der Waals surface area (Å²) >= 11 is 0. The standard InChI is InChI=1S/C23H30N4O4S/c1-17-4-7-20(8-5-17)15-24-23(29)25-16-22(28)26-10-12-27(13-11-26)32(30,31)21-9-6-18(2)14-19(21)3/h4-9,14H,10-13,15-16H2,1-3H3,(H2,24,25,29). The van der Waals surface area contributed by atoms with Gasteiger partial charge in [0.1, 0.15) is 0 Å². The van der Waals surface area contributed by atoms with Crippen LogP contribution < -0.4 is 10.6 Å². The Morgan fingerprint density at radius 1 is 0.875 bits per heavy atom. The number of nitrogens with one attached hydrogen (secondary N) is 2. The summed E-state index contributed by atoms with van der Waals surface area (Å²) in [6.45, 7) is 6.96. The van der Waals surface area contributed by atoms with Gasteiger partial charge in [-0.15, -0.1) is 0 Å². The van der Waals surface area contributed by atoms with Crippen molar-refractivity contribution in [1.82, 2.24) is 19.8 Å². The number of aryl methyl sites for hydroxylation is 3. The third-order valence-electron chi connectivity index (χ3n) is 5.51. The minimum atomic E-state index is -3.61. The van der Waals surface area contributed by atoms with E-state index in [0.717, 1.165) is 16.7 Å². The highest BCUT2D eigenvalue weighted by molar-refractivity contribution is 7.89. The van der Waals surface area contributed by atoms with Crippen LogP contribution in [0.3, 0.4) is 0 Å². The Morgan fingerprint density at radius 2 is 1.50 bits per heavy atom. The van der Waals surface area contributed by atoms with Gasteiger partial charge in [-0.3, -0.25) is 4.79 Å². The third kappa shape index (κ3) is 5.86. The lowest BCUT2D eigenvalue weighted by Gasteiger charge is -2.34. The summed E-state index contributed by atoms with van der Waals surface area (Å²) < 4.78 is 27.4. The Hall–Kier alpha value is -2.91. The van der Waals surface area contributed by atoms with E-state index >= 15 is 0 Å². The Kier molecular flexibility index (Phi) is 7.52. The molecule has 8 nitrogen and oxygen atoms in total. The van der Waals surface area contributed by atoms with Crippen LogP contribution in [0.25, 0.3) is 0 Å². The molecule has 2 aromatic rings. The second kappa shape index (κ2) is 10.1. The average Bonchev–Trinajstić information content (AvgIpc) is 2.77. The van der Waals surface area contributed by atoms with E-state index in [2.05, 4.69) is 10.6 Å². The van der Waals surface area contributed by atoms with E-state index in [1.54, 1.807) is 24.0 Å². The van der Waals surface area contributed by atoms with E-state index < -0.39 is 16.1 Å². The molecule has 0 bridgehead atoms. The fourth-order valence-electron chi connectivity index (χ4n) is 3.62. The van der Waals surface area contributed by atoms with E-state index in [1.807, 2.05) is 44.2 Å². The molecule has 0 aliphatic carbocycles. The van der Waals surface area contributed by atoms with Crippen molar-refractivity contribution in [3.63, 3.8) is 0 Å². The molecule has 2 N–H and O–H groups in total. The largest absolute Gasteiger partial charge is 0.339 e. The van der Waals surface area contributed by atoms with Crippen molar-refractivity contribution < 1.29 is 18.0 Å². The fraction of sp³-hybridized carbons (Fsp3) is 0.391. The highest BCUT2D eigenvalue weighted by Crippen LogP contribution is 2.22. The molecule has 1 aliphatic heterocycles. The maximum atomic E-state index is 13.0. The highest BCUT2D eigenvalue weighted by atomic mass is 32.2. The van der Waals surface area contributed by atoms with Crippen LogP contribution in [0.5, 0.6) is 0 Å². The number of hydrogen-bond acceptors (Lipinski definition) is 4. The number of carbonyl (C=O) groups excluding carboxylic acids is 2. The fourth-order valence-corrected chi connectivity index (χ4v) is 5.25. The molecule has 3 amide bonds. The molecule has 32 heavy (non-hydrogen) atoms. The van der Waals surface area contributed by atoms with E-state index in [-0.39, 0.29) is 38.6 Å². The lowest BCUT2D eigenvalue weighted by Crippen LogP contribution is -2.53. The predicted octanol–water partition coefficient (Wildman–Crippen LogP) is 1.94. The minimum absolute atomic E-state index is 0.135. The number of benzene rings is 2. The van der Waals surface area contributed by atoms with Crippen LogP contribution in [-0.4, -0.2) is 62.3 Å². The number of sulfonamides is 1. The van der Waals surface area contributed by atoms with Gasteiger partial charge in [0.2, 0.25) is 15.9 Å². The molecule has 172 valence electrons. The van der Waals surface area contributed by atoms with Crippen LogP contribution in [0.4, 0.5) is 4.79 Å². The van der Waals surface area contributed by atoms with E-state index in [9.17, 15) is 18.0 Å². The number of hydrogen-bond donors (Lipinski definition) is 2. The number of nitrogens with zero attached hydrogens (tertiary/aromatic N) is 2. The molecule has 1 heterocycles. The molecule has 1 aliphatic rings. The summed E-state index contributed by atoms with van der Waals surface area (Å²) in [5, 5.41) is 5.29. The van der Waals surface area contributed by atoms with Gasteiger partial charge in [-0.2, -0.15) is 4.31 Å². The number of piperazine rings is 1. The summed E-state index contributed by atoms with van der Waals surface area (Å²) in [6, 6.07) is 12.7. The minimum Gasteiger partial charge on any atom is -0.339 e. The van der Waals surface area contributed by atoms with Gasteiger partial charge in [-0.25, -0.2) is 13.2 Å². The predicted molar refractivity (Wildman–Crippen MR) is 123 cm³/mol. The maximum Gasteiger partial charge on any atom is 0.315 e. The molecule has 0 atom stereocenters. The van der Waals surface area contributed by atoms with Crippen LogP contribution in [0.2, 0.25) is 0 Å². The summed E-state index contributed by atoms with van der Waals surface area (Å²) in [7, 11) is -3.61. The van der Waals surface area contributed by atoms with Crippen molar-refractivity contribution in [2.24, 2.45) is 0 Å². The van der Waals surface area contributed by atoms with Gasteiger partial charge in [-0.05, 0) is 38.0 Å². The van der Waals surface area contributed by atoms with Crippen LogP contribution in [0, 0.1) is 20.8 Å². The van der Waals surface area contributed by atoms with Gasteiger partial charge >= 0.3 is 6.03 Å². The first kappa shape index (κ1) is 23.7. The van der Waals surface area contributed by atoms with Crippen LogP contribution in [-0.2, 0) is 21.4 Å². The van der Waals surface area contributed by atoms with Gasteiger partial charge in [-0.1, -0.05) is 47.5 Å². The monoisotopic (exact) mass is 458 g/mol. The SMILES string of the molecule is Cc1ccc(CNC(=O)NCC(=O)N2CCN(S(=O)(=O)c3ccc(C)cc3C)CC2)cc1. The zero-order chi connectivity index (χ0) is 23.3. The van der Waals surface area contributed by atoms with Crippen molar-refractivity contribution in [3.05, 3.63) is 64.7 Å². The molecule has 0 aromatic heterocycles. The second-order valence-electron chi connectivity index (χ2n) is 8.08. The first-order valence-electron chi connectivity index (χ1n) is 10.6. The van der Waals surface area contributed by atoms with E-state index in [4.69, 9.17) is 0 Å². The molecule has 0 radical (unpaired) electrons. The first-order chi connectivity index (χ1) is 15.2. The third-order valence-corrected chi connectivity index (χ3v) is 7.57. The zero-order valence-electron chi connectivity index (χ0n) is 18.7. The Bertz CT molecular complexity index is 1080. The number of carbonyl (C=O) groups is 2. The molecule has 2 aromatic carbocycles. The van der Waals surface area contributed by atoms with Crippen molar-refractivity contribution in [1.29, 1.82) is 0 Å². The van der Waals surface area contributed by atoms with Gasteiger partial charge in [0.05, 0.1) is 11.4 Å². The smallest absolute Gasteiger partial charge is 0.315 e. The first-order valence-corrected chi connectivity index (χ1v) is 12.0. The van der Waals surface area contributed by atoms with Crippen molar-refractivity contribution in [3.8, 4) is 0 Å². The molecule has 9 heteroatoms. The molecule has 1 fully saturated rings. The quantitative estimate of drug-likeness (QED) is 0.691. The average molecular weight is 459 g/mol. The summed E-state index contributed by atoms with van der Waals surface area (Å²) in [5.74, 6) is -0.237. The van der Waals surface area contributed by atoms with Crippen molar-refractivity contribution in [2.75, 3.05) is 32.7 Å². The number of amides is 3. The molecular weight excluding hydrogens is 428 g/mol. The Labute approximate surface area is 189 Å². The summed E-state index contributed by atoms with van der Waals surface area (Å²) in [6.07, 6.45) is 0. The molecule has 0 spiro atoms. The molecule has 0 saturated carbocycles. The van der Waals surface area contributed by atoms with Crippen LogP contribution >= 0.6 is 0 Å². The van der Waals surface area contributed by atoms with Crippen molar-refractivity contribution in [2.45, 2.75) is 32.2 Å². The molecule has 0 unspecified atom stereocenters.